The molecule has 0 fully saturated rings. The Labute approximate surface area is 237 Å². The predicted molar refractivity (Wildman–Crippen MR) is 154 cm³/mol. The number of carbonyl (C=O) groups is 2. The Morgan fingerprint density at radius 2 is 1.85 bits per heavy atom. The zero-order valence-electron chi connectivity index (χ0n) is 21.4. The number of carbonyl (C=O) groups excluding carboxylic acids is 2. The minimum absolute atomic E-state index is 0.0337. The minimum Gasteiger partial charge on any atom is -0.490 e. The summed E-state index contributed by atoms with van der Waals surface area (Å²) in [6.07, 6.45) is 1.30. The van der Waals surface area contributed by atoms with Crippen molar-refractivity contribution in [3.8, 4) is 17.6 Å². The number of nitro benzene ring substituents is 1. The van der Waals surface area contributed by atoms with Crippen molar-refractivity contribution < 1.29 is 24.0 Å². The number of nitro groups is 1. The van der Waals surface area contributed by atoms with Crippen molar-refractivity contribution in [3.63, 3.8) is 0 Å². The summed E-state index contributed by atoms with van der Waals surface area (Å²) in [5.41, 5.74) is 0.800. The van der Waals surface area contributed by atoms with E-state index in [4.69, 9.17) is 9.47 Å². The molecule has 9 nitrogen and oxygen atoms in total. The van der Waals surface area contributed by atoms with Gasteiger partial charge in [0.25, 0.3) is 11.6 Å². The summed E-state index contributed by atoms with van der Waals surface area (Å²) in [5, 5.41) is 25.1. The molecule has 0 atom stereocenters. The fraction of sp³-hybridized carbons (Fsp3) is 0.100. The second-order valence-corrected chi connectivity index (χ2v) is 9.44. The molecule has 0 bridgehead atoms. The van der Waals surface area contributed by atoms with Gasteiger partial charge in [-0.1, -0.05) is 42.5 Å². The number of benzene rings is 4. The van der Waals surface area contributed by atoms with E-state index in [9.17, 15) is 25.0 Å². The number of anilines is 1. The number of nitrogens with one attached hydrogen (secondary N) is 1. The summed E-state index contributed by atoms with van der Waals surface area (Å²) in [4.78, 5) is 36.8. The molecule has 0 aromatic heterocycles. The molecule has 40 heavy (non-hydrogen) atoms. The summed E-state index contributed by atoms with van der Waals surface area (Å²) in [5.74, 6) is -1.06. The number of nitrogens with zero attached hydrogens (tertiary/aromatic N) is 2. The van der Waals surface area contributed by atoms with E-state index in [1.807, 2.05) is 36.4 Å². The molecule has 0 aliphatic carbocycles. The quantitative estimate of drug-likeness (QED) is 0.0576. The van der Waals surface area contributed by atoms with Crippen LogP contribution in [0.4, 0.5) is 11.4 Å². The van der Waals surface area contributed by atoms with Crippen LogP contribution in [0.25, 0.3) is 16.8 Å². The lowest BCUT2D eigenvalue weighted by atomic mass is 10.0. The molecule has 10 heteroatoms. The van der Waals surface area contributed by atoms with Gasteiger partial charge in [0, 0.05) is 6.07 Å². The highest BCUT2D eigenvalue weighted by Crippen LogP contribution is 2.38. The van der Waals surface area contributed by atoms with E-state index in [-0.39, 0.29) is 35.1 Å². The zero-order chi connectivity index (χ0) is 28.8. The molecule has 0 spiro atoms. The number of fused-ring (bicyclic) bond motifs is 1. The van der Waals surface area contributed by atoms with Crippen molar-refractivity contribution in [2.24, 2.45) is 0 Å². The molecular formula is C30H22BrN3O6. The van der Waals surface area contributed by atoms with Gasteiger partial charge in [0.1, 0.15) is 17.3 Å². The van der Waals surface area contributed by atoms with Gasteiger partial charge >= 0.3 is 5.97 Å². The number of ether oxygens (including phenoxy) is 2. The van der Waals surface area contributed by atoms with Gasteiger partial charge in [-0.15, -0.1) is 0 Å². The number of hydrogen-bond acceptors (Lipinski definition) is 7. The molecule has 1 N–H and O–H groups in total. The molecule has 0 saturated heterocycles. The number of hydrogen-bond donors (Lipinski definition) is 1. The fourth-order valence-corrected chi connectivity index (χ4v) is 4.53. The van der Waals surface area contributed by atoms with Crippen molar-refractivity contribution in [1.82, 2.24) is 0 Å². The third-order valence-electron chi connectivity index (χ3n) is 5.81. The van der Waals surface area contributed by atoms with Crippen LogP contribution in [0, 0.1) is 28.4 Å². The maximum atomic E-state index is 13.2. The average Bonchev–Trinajstić information content (AvgIpc) is 2.94. The Morgan fingerprint density at radius 1 is 1.10 bits per heavy atom. The number of amides is 1. The molecule has 0 aliphatic rings. The van der Waals surface area contributed by atoms with E-state index in [1.165, 1.54) is 24.3 Å². The molecule has 4 aromatic rings. The van der Waals surface area contributed by atoms with Crippen LogP contribution >= 0.6 is 15.9 Å². The first-order valence-electron chi connectivity index (χ1n) is 12.1. The zero-order valence-corrected chi connectivity index (χ0v) is 23.0. The van der Waals surface area contributed by atoms with Crippen molar-refractivity contribution in [3.05, 3.63) is 110 Å². The van der Waals surface area contributed by atoms with Gasteiger partial charge in [0.15, 0.2) is 11.5 Å². The first kappa shape index (κ1) is 28.0. The normalized spacial score (nSPS) is 11.0. The van der Waals surface area contributed by atoms with Crippen LogP contribution in [0.2, 0.25) is 0 Å². The van der Waals surface area contributed by atoms with Gasteiger partial charge < -0.3 is 14.8 Å². The van der Waals surface area contributed by atoms with Crippen LogP contribution in [0.1, 0.15) is 28.4 Å². The molecule has 0 radical (unpaired) electrons. The lowest BCUT2D eigenvalue weighted by Gasteiger charge is -2.14. The van der Waals surface area contributed by atoms with Crippen molar-refractivity contribution in [1.29, 1.82) is 5.26 Å². The van der Waals surface area contributed by atoms with Crippen LogP contribution in [-0.2, 0) is 4.79 Å². The van der Waals surface area contributed by atoms with E-state index >= 15 is 0 Å². The minimum atomic E-state index is -0.824. The topological polar surface area (TPSA) is 132 Å². The van der Waals surface area contributed by atoms with E-state index in [2.05, 4.69) is 21.2 Å². The maximum Gasteiger partial charge on any atom is 0.344 e. The smallest absolute Gasteiger partial charge is 0.344 e. The molecule has 1 amide bonds. The predicted octanol–water partition coefficient (Wildman–Crippen LogP) is 6.98. The van der Waals surface area contributed by atoms with Gasteiger partial charge in [0.2, 0.25) is 0 Å². The van der Waals surface area contributed by atoms with Gasteiger partial charge in [-0.3, -0.25) is 14.9 Å². The lowest BCUT2D eigenvalue weighted by Crippen LogP contribution is -2.14. The second kappa shape index (κ2) is 12.2. The number of rotatable bonds is 8. The van der Waals surface area contributed by atoms with Crippen LogP contribution < -0.4 is 14.8 Å². The lowest BCUT2D eigenvalue weighted by molar-refractivity contribution is -0.384. The van der Waals surface area contributed by atoms with Crippen LogP contribution in [0.3, 0.4) is 0 Å². The number of nitriles is 1. The van der Waals surface area contributed by atoms with E-state index in [1.54, 1.807) is 38.1 Å². The molecule has 0 aliphatic heterocycles. The number of esters is 1. The highest BCUT2D eigenvalue weighted by Gasteiger charge is 2.21. The summed E-state index contributed by atoms with van der Waals surface area (Å²) in [6, 6.07) is 22.0. The maximum absolute atomic E-state index is 13.2. The molecule has 0 saturated carbocycles. The van der Waals surface area contributed by atoms with Gasteiger partial charge in [-0.2, -0.15) is 5.26 Å². The van der Waals surface area contributed by atoms with Gasteiger partial charge in [-0.25, -0.2) is 4.79 Å². The van der Waals surface area contributed by atoms with Crippen molar-refractivity contribution >= 4 is 56.0 Å². The summed E-state index contributed by atoms with van der Waals surface area (Å²) in [6.45, 7) is 3.70. The van der Waals surface area contributed by atoms with Gasteiger partial charge in [0.05, 0.1) is 21.6 Å². The Balaban J connectivity index is 1.65. The van der Waals surface area contributed by atoms with Crippen molar-refractivity contribution in [2.45, 2.75) is 13.8 Å². The van der Waals surface area contributed by atoms with Gasteiger partial charge in [-0.05, 0) is 82.0 Å². The molecule has 0 unspecified atom stereocenters. The van der Waals surface area contributed by atoms with E-state index in [0.717, 1.165) is 10.8 Å². The van der Waals surface area contributed by atoms with Crippen LogP contribution in [0.5, 0.6) is 11.5 Å². The Morgan fingerprint density at radius 3 is 2.58 bits per heavy atom. The fourth-order valence-electron chi connectivity index (χ4n) is 3.99. The van der Waals surface area contributed by atoms with Crippen LogP contribution in [0.15, 0.2) is 82.8 Å². The monoisotopic (exact) mass is 599 g/mol. The Hall–Kier alpha value is -5.01. The van der Waals surface area contributed by atoms with E-state index in [0.29, 0.717) is 21.2 Å². The first-order valence-corrected chi connectivity index (χ1v) is 12.9. The average molecular weight is 600 g/mol. The third kappa shape index (κ3) is 6.17. The largest absolute Gasteiger partial charge is 0.490 e. The molecule has 4 aromatic carbocycles. The third-order valence-corrected chi connectivity index (χ3v) is 6.40. The highest BCUT2D eigenvalue weighted by atomic mass is 79.9. The van der Waals surface area contributed by atoms with Crippen LogP contribution in [-0.4, -0.2) is 23.4 Å². The standard InChI is InChI=1S/C30H22BrN3O6/c1-3-39-27-16-19(14-21(17-32)29(35)33-25-12-11-18(2)13-26(25)34(37)38)15-24(31)28(27)40-30(36)23-10-6-8-20-7-4-5-9-22(20)23/h4-16H,3H2,1-2H3,(H,33,35)/b21-14+. The Bertz CT molecular complexity index is 1720. The second-order valence-electron chi connectivity index (χ2n) is 8.58. The SMILES string of the molecule is CCOc1cc(/C=C(\C#N)C(=O)Nc2ccc(C)cc2[N+](=O)[O-])cc(Br)c1OC(=O)c1cccc2ccccc12. The number of aryl methyl sites for hydroxylation is 1. The molecule has 200 valence electrons. The first-order chi connectivity index (χ1) is 19.2. The summed E-state index contributed by atoms with van der Waals surface area (Å²) < 4.78 is 11.8. The summed E-state index contributed by atoms with van der Waals surface area (Å²) >= 11 is 3.41. The molecular weight excluding hydrogens is 578 g/mol. The molecule has 0 heterocycles. The number of halogens is 1. The molecule has 4 rings (SSSR count). The summed E-state index contributed by atoms with van der Waals surface area (Å²) in [7, 11) is 0. The van der Waals surface area contributed by atoms with Crippen molar-refractivity contribution in [2.75, 3.05) is 11.9 Å². The Kier molecular flexibility index (Phi) is 8.57. The highest BCUT2D eigenvalue weighted by molar-refractivity contribution is 9.10. The van der Waals surface area contributed by atoms with E-state index < -0.39 is 16.8 Å².